The fourth-order valence-electron chi connectivity index (χ4n) is 0. The van der Waals surface area contributed by atoms with Crippen molar-refractivity contribution in [2.45, 2.75) is 20.8 Å². The molecule has 0 aliphatic heterocycles. The number of carboxylic acid groups (broad SMARTS) is 3. The summed E-state index contributed by atoms with van der Waals surface area (Å²) in [7, 11) is 0. The van der Waals surface area contributed by atoms with Crippen LogP contribution < -0.4 is 15.3 Å². The van der Waals surface area contributed by atoms with Crippen LogP contribution in [0, 0.1) is 0 Å². The van der Waals surface area contributed by atoms with E-state index in [2.05, 4.69) is 0 Å². The van der Waals surface area contributed by atoms with Gasteiger partial charge in [-0.05, 0) is 20.8 Å². The molecule has 0 amide bonds. The monoisotopic (exact) mass is 302 g/mol. The third kappa shape index (κ3) is 5480. The summed E-state index contributed by atoms with van der Waals surface area (Å²) >= 11 is 0. The molecule has 0 radical (unpaired) electrons. The number of carbonyl (C=O) groups is 3. The van der Waals surface area contributed by atoms with Crippen molar-refractivity contribution in [2.75, 3.05) is 0 Å². The van der Waals surface area contributed by atoms with Crippen molar-refractivity contribution >= 4 is 17.9 Å². The topological polar surface area (TPSA) is 183 Å². The Bertz CT molecular complexity index is 117. The number of hydrogen-bond acceptors (Lipinski definition) is 6. The van der Waals surface area contributed by atoms with E-state index in [-0.39, 0.29) is 43.7 Å². The number of rotatable bonds is 0. The predicted molar refractivity (Wildman–Crippen MR) is 39.3 cm³/mol. The van der Waals surface area contributed by atoms with Crippen molar-refractivity contribution in [1.29, 1.82) is 0 Å². The number of carbonyl (C=O) groups excluding carboxylic acids is 3. The average molecular weight is 302 g/mol. The van der Waals surface area contributed by atoms with Gasteiger partial charge in [-0.15, -0.1) is 0 Å². The van der Waals surface area contributed by atoms with E-state index in [0.29, 0.717) is 0 Å². The minimum absolute atomic E-state index is 0. The SMILES string of the molecule is CC(=O)[O-].CC(=O)[O-].CC(=O)[O-].O.O.[Y+3]. The van der Waals surface area contributed by atoms with Gasteiger partial charge in [0.25, 0.3) is 0 Å². The molecule has 9 heteroatoms. The summed E-state index contributed by atoms with van der Waals surface area (Å²) in [5.74, 6) is -3.25. The van der Waals surface area contributed by atoms with E-state index in [9.17, 15) is 0 Å². The molecular formula is C6H13O8Y. The van der Waals surface area contributed by atoms with Gasteiger partial charge in [-0.2, -0.15) is 0 Å². The van der Waals surface area contributed by atoms with Crippen LogP contribution in [0.4, 0.5) is 0 Å². The minimum Gasteiger partial charge on any atom is -0.550 e. The van der Waals surface area contributed by atoms with Crippen LogP contribution in [0.1, 0.15) is 20.8 Å². The fraction of sp³-hybridized carbons (Fsp3) is 0.500. The molecular weight excluding hydrogens is 289 g/mol. The third-order valence-corrected chi connectivity index (χ3v) is 0. The van der Waals surface area contributed by atoms with Crippen molar-refractivity contribution in [2.24, 2.45) is 0 Å². The Labute approximate surface area is 112 Å². The molecule has 0 aromatic carbocycles. The van der Waals surface area contributed by atoms with Crippen LogP contribution >= 0.6 is 0 Å². The summed E-state index contributed by atoms with van der Waals surface area (Å²) in [5.41, 5.74) is 0. The summed E-state index contributed by atoms with van der Waals surface area (Å²) in [4.78, 5) is 26.7. The quantitative estimate of drug-likeness (QED) is 0.430. The second-order valence-electron chi connectivity index (χ2n) is 1.47. The van der Waals surface area contributed by atoms with E-state index < -0.39 is 17.9 Å². The molecule has 8 nitrogen and oxygen atoms in total. The van der Waals surface area contributed by atoms with E-state index in [1.807, 2.05) is 0 Å². The Hall–Kier alpha value is -0.566. The maximum Gasteiger partial charge on any atom is 3.00 e. The van der Waals surface area contributed by atoms with Gasteiger partial charge in [-0.1, -0.05) is 0 Å². The molecule has 15 heavy (non-hydrogen) atoms. The molecule has 88 valence electrons. The summed E-state index contributed by atoms with van der Waals surface area (Å²) in [5, 5.41) is 26.7. The van der Waals surface area contributed by atoms with Crippen molar-refractivity contribution in [1.82, 2.24) is 0 Å². The summed E-state index contributed by atoms with van der Waals surface area (Å²) < 4.78 is 0. The second kappa shape index (κ2) is 29.2. The third-order valence-electron chi connectivity index (χ3n) is 0. The van der Waals surface area contributed by atoms with Gasteiger partial charge >= 0.3 is 32.7 Å². The number of carboxylic acids is 3. The summed E-state index contributed by atoms with van der Waals surface area (Å²) in [6, 6.07) is 0. The van der Waals surface area contributed by atoms with Crippen LogP contribution in [0.5, 0.6) is 0 Å². The van der Waals surface area contributed by atoms with E-state index in [0.717, 1.165) is 20.8 Å². The van der Waals surface area contributed by atoms with Gasteiger partial charge < -0.3 is 40.7 Å². The van der Waals surface area contributed by atoms with Crippen LogP contribution in [-0.2, 0) is 47.1 Å². The van der Waals surface area contributed by atoms with Gasteiger partial charge in [-0.3, -0.25) is 0 Å². The molecule has 0 spiro atoms. The molecule has 0 heterocycles. The summed E-state index contributed by atoms with van der Waals surface area (Å²) in [6.45, 7) is 2.92. The molecule has 0 fully saturated rings. The maximum atomic E-state index is 8.89. The van der Waals surface area contributed by atoms with E-state index in [1.165, 1.54) is 0 Å². The molecule has 0 aliphatic rings. The Kier molecular flexibility index (Phi) is 71.3. The second-order valence-corrected chi connectivity index (χ2v) is 1.47. The van der Waals surface area contributed by atoms with Gasteiger partial charge in [0.1, 0.15) is 0 Å². The van der Waals surface area contributed by atoms with Crippen LogP contribution in [-0.4, -0.2) is 28.9 Å². The van der Waals surface area contributed by atoms with Crippen LogP contribution in [0.15, 0.2) is 0 Å². The van der Waals surface area contributed by atoms with Gasteiger partial charge in [0, 0.05) is 17.9 Å². The zero-order valence-corrected chi connectivity index (χ0v) is 11.4. The molecule has 0 unspecified atom stereocenters. The standard InChI is InChI=1S/3C2H4O2.2H2O.Y/c3*1-2(3)4;;;/h3*1H3,(H,3,4);2*1H2;/q;;;;;+3/p-3. The number of hydrogen-bond donors (Lipinski definition) is 0. The van der Waals surface area contributed by atoms with E-state index in [4.69, 9.17) is 29.7 Å². The minimum atomic E-state index is -1.08. The van der Waals surface area contributed by atoms with Crippen LogP contribution in [0.2, 0.25) is 0 Å². The first-order valence-corrected chi connectivity index (χ1v) is 2.72. The van der Waals surface area contributed by atoms with Crippen LogP contribution in [0.25, 0.3) is 0 Å². The zero-order valence-electron chi connectivity index (χ0n) is 8.53. The molecule has 0 aromatic rings. The molecule has 0 atom stereocenters. The van der Waals surface area contributed by atoms with E-state index in [1.54, 1.807) is 0 Å². The van der Waals surface area contributed by atoms with Crippen molar-refractivity contribution in [3.63, 3.8) is 0 Å². The van der Waals surface area contributed by atoms with Gasteiger partial charge in [0.05, 0.1) is 0 Å². The summed E-state index contributed by atoms with van der Waals surface area (Å²) in [6.07, 6.45) is 0. The maximum absolute atomic E-state index is 8.89. The fourth-order valence-corrected chi connectivity index (χ4v) is 0. The predicted octanol–water partition coefficient (Wildman–Crippen LogP) is -5.38. The first-order valence-electron chi connectivity index (χ1n) is 2.72. The van der Waals surface area contributed by atoms with E-state index >= 15 is 0 Å². The molecule has 0 saturated carbocycles. The zero-order chi connectivity index (χ0) is 10.7. The average Bonchev–Trinajstić information content (AvgIpc) is 1.54. The molecule has 4 N–H and O–H groups in total. The molecule has 0 aromatic heterocycles. The van der Waals surface area contributed by atoms with Crippen LogP contribution in [0.3, 0.4) is 0 Å². The van der Waals surface area contributed by atoms with Gasteiger partial charge in [0.2, 0.25) is 0 Å². The first-order chi connectivity index (χ1) is 5.20. The molecule has 0 aliphatic carbocycles. The Morgan fingerprint density at radius 1 is 0.667 bits per heavy atom. The van der Waals surface area contributed by atoms with Gasteiger partial charge in [-0.25, -0.2) is 0 Å². The molecule has 0 saturated heterocycles. The Balaban J connectivity index is -0.0000000184. The normalized spacial score (nSPS) is 5.00. The smallest absolute Gasteiger partial charge is 0.550 e. The largest absolute Gasteiger partial charge is 3.00 e. The Morgan fingerprint density at radius 2 is 0.667 bits per heavy atom. The van der Waals surface area contributed by atoms with Crippen molar-refractivity contribution < 1.29 is 73.4 Å². The molecule has 0 rings (SSSR count). The first kappa shape index (κ1) is 36.6. The van der Waals surface area contributed by atoms with Gasteiger partial charge in [0.15, 0.2) is 0 Å². The molecule has 0 bridgehead atoms. The number of aliphatic carboxylic acids is 3. The van der Waals surface area contributed by atoms with Crippen molar-refractivity contribution in [3.8, 4) is 0 Å². The van der Waals surface area contributed by atoms with Crippen molar-refractivity contribution in [3.05, 3.63) is 0 Å². The Morgan fingerprint density at radius 3 is 0.667 bits per heavy atom.